The molecule has 274 valence electrons. The molecule has 0 aromatic heterocycles. The second kappa shape index (κ2) is 18.8. The van der Waals surface area contributed by atoms with Crippen LogP contribution in [0.2, 0.25) is 0 Å². The molecule has 0 fully saturated rings. The lowest BCUT2D eigenvalue weighted by molar-refractivity contribution is -0.123. The van der Waals surface area contributed by atoms with Crippen LogP contribution in [0.3, 0.4) is 0 Å². The number of unbranched alkanes of at least 4 members (excludes halogenated alkanes) is 1. The lowest BCUT2D eigenvalue weighted by Gasteiger charge is -2.20. The molecule has 4 aromatic carbocycles. The first-order valence-corrected chi connectivity index (χ1v) is 16.9. The number of amidine groups is 1. The standard InChI is InChI=1S/C39H45N5O8/c1-39(2,3)52-37(47)43-20-8-7-11-33(44-38(48)50-25-26-9-5-4-6-10-26)35(45)42-21-22-49-31-17-14-27(15-18-31)36(46)51-32-19-16-28-23-30(34(40)41)13-12-29(28)24-32/h4-6,9-10,12-19,23-24,33H,7-8,11,20-22,25H2,1-3H3,(H3,40,41)(H,42,45)(H,43,47)(H,44,48). The van der Waals surface area contributed by atoms with Gasteiger partial charge in [0.1, 0.15) is 42.2 Å². The van der Waals surface area contributed by atoms with Crippen LogP contribution in [0.5, 0.6) is 11.5 Å². The smallest absolute Gasteiger partial charge is 0.408 e. The lowest BCUT2D eigenvalue weighted by Crippen LogP contribution is -2.47. The van der Waals surface area contributed by atoms with Crippen LogP contribution in [0.4, 0.5) is 9.59 Å². The Labute approximate surface area is 302 Å². The maximum Gasteiger partial charge on any atom is 0.408 e. The van der Waals surface area contributed by atoms with E-state index in [0.717, 1.165) is 16.3 Å². The monoisotopic (exact) mass is 711 g/mol. The second-order valence-electron chi connectivity index (χ2n) is 12.9. The van der Waals surface area contributed by atoms with Crippen molar-refractivity contribution < 1.29 is 38.1 Å². The summed E-state index contributed by atoms with van der Waals surface area (Å²) in [6.07, 6.45) is 0.143. The van der Waals surface area contributed by atoms with Crippen molar-refractivity contribution in [1.82, 2.24) is 16.0 Å². The normalized spacial score (nSPS) is 11.5. The maximum atomic E-state index is 13.1. The summed E-state index contributed by atoms with van der Waals surface area (Å²) in [6, 6.07) is 25.3. The van der Waals surface area contributed by atoms with Crippen LogP contribution in [-0.2, 0) is 20.9 Å². The van der Waals surface area contributed by atoms with E-state index in [1.807, 2.05) is 36.4 Å². The minimum absolute atomic E-state index is 0.0240. The Morgan fingerprint density at radius 1 is 0.769 bits per heavy atom. The summed E-state index contributed by atoms with van der Waals surface area (Å²) in [5.74, 6) is -0.121. The Bertz CT molecular complexity index is 1840. The molecule has 13 heteroatoms. The maximum absolute atomic E-state index is 13.1. The number of rotatable bonds is 16. The zero-order chi connectivity index (χ0) is 37.5. The third kappa shape index (κ3) is 13.0. The highest BCUT2D eigenvalue weighted by molar-refractivity contribution is 5.99. The van der Waals surface area contributed by atoms with Gasteiger partial charge < -0.3 is 40.6 Å². The van der Waals surface area contributed by atoms with Gasteiger partial charge in [-0.2, -0.15) is 0 Å². The molecule has 0 aliphatic heterocycles. The molecule has 3 amide bonds. The van der Waals surface area contributed by atoms with Crippen LogP contribution in [0, 0.1) is 5.41 Å². The Balaban J connectivity index is 1.23. The molecule has 52 heavy (non-hydrogen) atoms. The molecule has 13 nitrogen and oxygen atoms in total. The first-order chi connectivity index (χ1) is 24.9. The molecule has 6 N–H and O–H groups in total. The molecule has 0 saturated heterocycles. The van der Waals surface area contributed by atoms with Gasteiger partial charge in [0.15, 0.2) is 0 Å². The van der Waals surface area contributed by atoms with Crippen LogP contribution in [0.1, 0.15) is 61.5 Å². The van der Waals surface area contributed by atoms with Crippen molar-refractivity contribution in [3.8, 4) is 11.5 Å². The molecular weight excluding hydrogens is 666 g/mol. The van der Waals surface area contributed by atoms with Gasteiger partial charge in [-0.15, -0.1) is 0 Å². The number of carbonyl (C=O) groups excluding carboxylic acids is 4. The number of carbonyl (C=O) groups is 4. The van der Waals surface area contributed by atoms with Gasteiger partial charge in [0.25, 0.3) is 0 Å². The van der Waals surface area contributed by atoms with Crippen molar-refractivity contribution in [1.29, 1.82) is 5.41 Å². The lowest BCUT2D eigenvalue weighted by atomic mass is 10.1. The van der Waals surface area contributed by atoms with Crippen molar-refractivity contribution in [2.24, 2.45) is 5.73 Å². The zero-order valence-corrected chi connectivity index (χ0v) is 29.5. The number of hydrogen-bond acceptors (Lipinski definition) is 9. The highest BCUT2D eigenvalue weighted by Crippen LogP contribution is 2.23. The largest absolute Gasteiger partial charge is 0.492 e. The van der Waals surface area contributed by atoms with Crippen LogP contribution in [0.25, 0.3) is 10.8 Å². The summed E-state index contributed by atoms with van der Waals surface area (Å²) in [5.41, 5.74) is 6.70. The van der Waals surface area contributed by atoms with Gasteiger partial charge in [-0.3, -0.25) is 10.2 Å². The minimum atomic E-state index is -0.879. The number of fused-ring (bicyclic) bond motifs is 1. The molecule has 0 spiro atoms. The average Bonchev–Trinajstić information content (AvgIpc) is 3.11. The van der Waals surface area contributed by atoms with Crippen molar-refractivity contribution >= 4 is 40.7 Å². The number of nitrogens with two attached hydrogens (primary N) is 1. The van der Waals surface area contributed by atoms with Crippen molar-refractivity contribution in [2.45, 2.75) is 58.3 Å². The second-order valence-corrected chi connectivity index (χ2v) is 12.9. The van der Waals surface area contributed by atoms with Gasteiger partial charge in [0, 0.05) is 12.1 Å². The predicted octanol–water partition coefficient (Wildman–Crippen LogP) is 5.83. The first kappa shape index (κ1) is 38.7. The number of amides is 3. The van der Waals surface area contributed by atoms with E-state index in [1.165, 1.54) is 0 Å². The fourth-order valence-electron chi connectivity index (χ4n) is 4.93. The fourth-order valence-corrected chi connectivity index (χ4v) is 4.93. The quantitative estimate of drug-likeness (QED) is 0.0313. The van der Waals surface area contributed by atoms with E-state index in [9.17, 15) is 19.2 Å². The van der Waals surface area contributed by atoms with E-state index >= 15 is 0 Å². The molecule has 4 aromatic rings. The fraction of sp³-hybridized carbons (Fsp3) is 0.308. The summed E-state index contributed by atoms with van der Waals surface area (Å²) < 4.78 is 21.8. The summed E-state index contributed by atoms with van der Waals surface area (Å²) in [5, 5.41) is 17.4. The third-order valence-corrected chi connectivity index (χ3v) is 7.50. The van der Waals surface area contributed by atoms with Gasteiger partial charge in [-0.05, 0) is 98.8 Å². The predicted molar refractivity (Wildman–Crippen MR) is 197 cm³/mol. The molecule has 0 aliphatic carbocycles. The summed E-state index contributed by atoms with van der Waals surface area (Å²) in [4.78, 5) is 50.3. The molecule has 0 radical (unpaired) electrons. The third-order valence-electron chi connectivity index (χ3n) is 7.50. The highest BCUT2D eigenvalue weighted by atomic mass is 16.6. The molecule has 0 heterocycles. The molecule has 1 unspecified atom stereocenters. The summed E-state index contributed by atoms with van der Waals surface area (Å²) >= 11 is 0. The van der Waals surface area contributed by atoms with Crippen molar-refractivity contribution in [2.75, 3.05) is 19.7 Å². The SMILES string of the molecule is CC(C)(C)OC(=O)NCCCCC(NC(=O)OCc1ccccc1)C(=O)NCCOc1ccc(C(=O)Oc2ccc3cc(C(=N)N)ccc3c2)cc1. The number of hydrogen-bond donors (Lipinski definition) is 5. The Morgan fingerprint density at radius 3 is 2.15 bits per heavy atom. The number of benzene rings is 4. The number of nitrogen functional groups attached to an aromatic ring is 1. The number of nitrogens with one attached hydrogen (secondary N) is 4. The molecule has 0 aliphatic rings. The van der Waals surface area contributed by atoms with Crippen LogP contribution in [0.15, 0.2) is 91.0 Å². The highest BCUT2D eigenvalue weighted by Gasteiger charge is 2.22. The minimum Gasteiger partial charge on any atom is -0.492 e. The number of ether oxygens (including phenoxy) is 4. The Kier molecular flexibility index (Phi) is 14.0. The molecular formula is C39H45N5O8. The summed E-state index contributed by atoms with van der Waals surface area (Å²) in [6.45, 7) is 6.01. The molecule has 0 saturated carbocycles. The zero-order valence-electron chi connectivity index (χ0n) is 29.5. The van der Waals surface area contributed by atoms with Gasteiger partial charge in [-0.25, -0.2) is 14.4 Å². The van der Waals surface area contributed by atoms with E-state index in [2.05, 4.69) is 16.0 Å². The van der Waals surface area contributed by atoms with E-state index < -0.39 is 35.7 Å². The Hall–Kier alpha value is -6.11. The van der Waals surface area contributed by atoms with Crippen LogP contribution < -0.4 is 31.2 Å². The molecule has 4 rings (SSSR count). The van der Waals surface area contributed by atoms with E-state index in [-0.39, 0.29) is 25.6 Å². The Morgan fingerprint density at radius 2 is 1.44 bits per heavy atom. The van der Waals surface area contributed by atoms with E-state index in [0.29, 0.717) is 48.4 Å². The van der Waals surface area contributed by atoms with Gasteiger partial charge >= 0.3 is 18.2 Å². The van der Waals surface area contributed by atoms with Gasteiger partial charge in [0.2, 0.25) is 5.91 Å². The average molecular weight is 712 g/mol. The first-order valence-electron chi connectivity index (χ1n) is 16.9. The van der Waals surface area contributed by atoms with Crippen LogP contribution >= 0.6 is 0 Å². The number of alkyl carbamates (subject to hydrolysis) is 2. The topological polar surface area (TPSA) is 191 Å². The summed E-state index contributed by atoms with van der Waals surface area (Å²) in [7, 11) is 0. The van der Waals surface area contributed by atoms with E-state index in [1.54, 1.807) is 75.4 Å². The van der Waals surface area contributed by atoms with Gasteiger partial charge in [0.05, 0.1) is 12.1 Å². The number of esters is 1. The molecule has 1 atom stereocenters. The van der Waals surface area contributed by atoms with Crippen molar-refractivity contribution in [3.63, 3.8) is 0 Å². The van der Waals surface area contributed by atoms with Gasteiger partial charge in [-0.1, -0.05) is 48.5 Å². The van der Waals surface area contributed by atoms with Crippen molar-refractivity contribution in [3.05, 3.63) is 108 Å². The van der Waals surface area contributed by atoms with E-state index in [4.69, 9.17) is 30.1 Å². The molecule has 0 bridgehead atoms. The van der Waals surface area contributed by atoms with Crippen LogP contribution in [-0.4, -0.2) is 61.2 Å².